The summed E-state index contributed by atoms with van der Waals surface area (Å²) >= 11 is 13.0. The smallest absolute Gasteiger partial charge is 0.269 e. The third kappa shape index (κ3) is 4.91. The van der Waals surface area contributed by atoms with Crippen LogP contribution in [-0.2, 0) is 4.79 Å². The lowest BCUT2D eigenvalue weighted by Crippen LogP contribution is -2.07. The summed E-state index contributed by atoms with van der Waals surface area (Å²) in [7, 11) is 0. The molecule has 2 aromatic carbocycles. The number of thiazole rings is 1. The summed E-state index contributed by atoms with van der Waals surface area (Å²) in [6, 6.07) is 11.1. The molecule has 0 unspecified atom stereocenters. The first-order chi connectivity index (χ1) is 12.9. The molecular formula is C18H11Cl2N3O3S. The van der Waals surface area contributed by atoms with Gasteiger partial charge in [0.1, 0.15) is 0 Å². The number of non-ortho nitro benzene ring substituents is 1. The molecule has 136 valence electrons. The lowest BCUT2D eigenvalue weighted by atomic mass is 10.1. The van der Waals surface area contributed by atoms with Crippen LogP contribution in [0, 0.1) is 10.1 Å². The Balaban J connectivity index is 1.66. The molecule has 6 nitrogen and oxygen atoms in total. The minimum Gasteiger partial charge on any atom is -0.298 e. The highest BCUT2D eigenvalue weighted by Crippen LogP contribution is 2.27. The summed E-state index contributed by atoms with van der Waals surface area (Å²) in [6.07, 6.45) is 2.98. The molecule has 27 heavy (non-hydrogen) atoms. The summed E-state index contributed by atoms with van der Waals surface area (Å²) in [5.41, 5.74) is 2.10. The minimum atomic E-state index is -0.462. The van der Waals surface area contributed by atoms with Gasteiger partial charge in [0.2, 0.25) is 5.91 Å². The fourth-order valence-electron chi connectivity index (χ4n) is 2.15. The van der Waals surface area contributed by atoms with Gasteiger partial charge < -0.3 is 0 Å². The van der Waals surface area contributed by atoms with Gasteiger partial charge in [-0.1, -0.05) is 29.3 Å². The normalized spacial score (nSPS) is 10.9. The summed E-state index contributed by atoms with van der Waals surface area (Å²) in [4.78, 5) is 26.6. The third-order valence-electron chi connectivity index (χ3n) is 3.48. The van der Waals surface area contributed by atoms with E-state index in [4.69, 9.17) is 23.2 Å². The van der Waals surface area contributed by atoms with Crippen molar-refractivity contribution in [2.75, 3.05) is 5.32 Å². The van der Waals surface area contributed by atoms with Gasteiger partial charge in [-0.05, 0) is 35.9 Å². The average Bonchev–Trinajstić information content (AvgIpc) is 3.11. The highest BCUT2D eigenvalue weighted by molar-refractivity contribution is 7.14. The van der Waals surface area contributed by atoms with Gasteiger partial charge in [-0.3, -0.25) is 20.2 Å². The Morgan fingerprint density at radius 3 is 2.56 bits per heavy atom. The number of halogens is 2. The van der Waals surface area contributed by atoms with Crippen molar-refractivity contribution >= 4 is 57.3 Å². The summed E-state index contributed by atoms with van der Waals surface area (Å²) < 4.78 is 0. The third-order valence-corrected chi connectivity index (χ3v) is 4.98. The predicted molar refractivity (Wildman–Crippen MR) is 108 cm³/mol. The Morgan fingerprint density at radius 2 is 1.89 bits per heavy atom. The molecule has 0 radical (unpaired) electrons. The molecule has 0 aliphatic rings. The van der Waals surface area contributed by atoms with Crippen molar-refractivity contribution in [2.45, 2.75) is 0 Å². The Morgan fingerprint density at radius 1 is 1.15 bits per heavy atom. The van der Waals surface area contributed by atoms with Gasteiger partial charge in [0.05, 0.1) is 20.7 Å². The second-order valence-electron chi connectivity index (χ2n) is 5.34. The van der Waals surface area contributed by atoms with E-state index in [1.165, 1.54) is 29.5 Å². The number of benzene rings is 2. The van der Waals surface area contributed by atoms with E-state index in [0.29, 0.717) is 20.9 Å². The number of nitrogens with one attached hydrogen (secondary N) is 1. The van der Waals surface area contributed by atoms with E-state index in [9.17, 15) is 14.9 Å². The van der Waals surface area contributed by atoms with Crippen LogP contribution in [0.3, 0.4) is 0 Å². The molecule has 0 atom stereocenters. The fraction of sp³-hybridized carbons (Fsp3) is 0. The van der Waals surface area contributed by atoms with Crippen LogP contribution in [-0.4, -0.2) is 15.8 Å². The molecule has 0 spiro atoms. The monoisotopic (exact) mass is 419 g/mol. The number of rotatable bonds is 5. The van der Waals surface area contributed by atoms with Gasteiger partial charge in [0, 0.05) is 29.2 Å². The molecule has 0 bridgehead atoms. The van der Waals surface area contributed by atoms with Crippen LogP contribution in [0.2, 0.25) is 10.0 Å². The number of hydrogen-bond acceptors (Lipinski definition) is 5. The van der Waals surface area contributed by atoms with Crippen molar-refractivity contribution < 1.29 is 9.72 Å². The summed E-state index contributed by atoms with van der Waals surface area (Å²) in [6.45, 7) is 0. The van der Waals surface area contributed by atoms with Gasteiger partial charge in [-0.15, -0.1) is 11.3 Å². The molecule has 1 amide bonds. The Labute approximate surface area is 168 Å². The van der Waals surface area contributed by atoms with Gasteiger partial charge in [-0.2, -0.15) is 0 Å². The lowest BCUT2D eigenvalue weighted by Gasteiger charge is -1.99. The Kier molecular flexibility index (Phi) is 5.85. The maximum absolute atomic E-state index is 12.0. The Bertz CT molecular complexity index is 1030. The highest BCUT2D eigenvalue weighted by Gasteiger charge is 2.09. The quantitative estimate of drug-likeness (QED) is 0.327. The number of carbonyl (C=O) groups excluding carboxylic acids is 1. The van der Waals surface area contributed by atoms with Crippen molar-refractivity contribution in [3.8, 4) is 11.3 Å². The van der Waals surface area contributed by atoms with Crippen molar-refractivity contribution in [2.24, 2.45) is 0 Å². The molecule has 1 N–H and O–H groups in total. The molecule has 3 rings (SSSR count). The van der Waals surface area contributed by atoms with E-state index >= 15 is 0 Å². The van der Waals surface area contributed by atoms with Crippen LogP contribution < -0.4 is 5.32 Å². The van der Waals surface area contributed by atoms with Gasteiger partial charge >= 0.3 is 0 Å². The van der Waals surface area contributed by atoms with Gasteiger partial charge in [0.25, 0.3) is 5.69 Å². The van der Waals surface area contributed by atoms with Crippen LogP contribution >= 0.6 is 34.5 Å². The van der Waals surface area contributed by atoms with E-state index in [1.54, 1.807) is 41.8 Å². The maximum atomic E-state index is 12.0. The van der Waals surface area contributed by atoms with Crippen molar-refractivity contribution in [3.63, 3.8) is 0 Å². The second kappa shape index (κ2) is 8.30. The zero-order chi connectivity index (χ0) is 19.4. The van der Waals surface area contributed by atoms with Crippen molar-refractivity contribution in [1.29, 1.82) is 0 Å². The number of amides is 1. The summed E-state index contributed by atoms with van der Waals surface area (Å²) in [5.74, 6) is -0.342. The number of nitrogens with zero attached hydrogens (tertiary/aromatic N) is 2. The van der Waals surface area contributed by atoms with Crippen LogP contribution in [0.15, 0.2) is 53.9 Å². The zero-order valence-electron chi connectivity index (χ0n) is 13.6. The SMILES string of the molecule is O=C(C=Cc1ccc(Cl)c(Cl)c1)Nc1nc(-c2ccc([N+](=O)[O-])cc2)cs1. The van der Waals surface area contributed by atoms with Crippen LogP contribution in [0.1, 0.15) is 5.56 Å². The molecule has 1 heterocycles. The topological polar surface area (TPSA) is 85.1 Å². The van der Waals surface area contributed by atoms with E-state index in [1.807, 2.05) is 0 Å². The van der Waals surface area contributed by atoms with E-state index in [2.05, 4.69) is 10.3 Å². The number of aromatic nitrogens is 1. The summed E-state index contributed by atoms with van der Waals surface area (Å²) in [5, 5.41) is 16.4. The predicted octanol–water partition coefficient (Wildman–Crippen LogP) is 5.68. The van der Waals surface area contributed by atoms with Crippen molar-refractivity contribution in [1.82, 2.24) is 4.98 Å². The van der Waals surface area contributed by atoms with E-state index in [-0.39, 0.29) is 11.6 Å². The number of nitro groups is 1. The lowest BCUT2D eigenvalue weighted by molar-refractivity contribution is -0.384. The van der Waals surface area contributed by atoms with Gasteiger partial charge in [-0.25, -0.2) is 4.98 Å². The largest absolute Gasteiger partial charge is 0.298 e. The molecule has 0 saturated heterocycles. The molecule has 3 aromatic rings. The molecule has 1 aromatic heterocycles. The number of anilines is 1. The minimum absolute atomic E-state index is 0.00921. The first kappa shape index (κ1) is 19.0. The fourth-order valence-corrected chi connectivity index (χ4v) is 3.18. The van der Waals surface area contributed by atoms with Crippen LogP contribution in [0.25, 0.3) is 17.3 Å². The van der Waals surface area contributed by atoms with Crippen LogP contribution in [0.5, 0.6) is 0 Å². The molecule has 0 saturated carbocycles. The van der Waals surface area contributed by atoms with Crippen LogP contribution in [0.4, 0.5) is 10.8 Å². The highest BCUT2D eigenvalue weighted by atomic mass is 35.5. The maximum Gasteiger partial charge on any atom is 0.269 e. The van der Waals surface area contributed by atoms with E-state index < -0.39 is 4.92 Å². The molecule has 0 aliphatic carbocycles. The average molecular weight is 420 g/mol. The zero-order valence-corrected chi connectivity index (χ0v) is 15.9. The molecular weight excluding hydrogens is 409 g/mol. The number of hydrogen-bond donors (Lipinski definition) is 1. The molecule has 9 heteroatoms. The molecule has 0 fully saturated rings. The number of nitro benzene ring substituents is 1. The Hall–Kier alpha value is -2.74. The van der Waals surface area contributed by atoms with Gasteiger partial charge in [0.15, 0.2) is 5.13 Å². The van der Waals surface area contributed by atoms with Crippen molar-refractivity contribution in [3.05, 3.63) is 79.6 Å². The first-order valence-corrected chi connectivity index (χ1v) is 9.20. The van der Waals surface area contributed by atoms with E-state index in [0.717, 1.165) is 11.1 Å². The first-order valence-electron chi connectivity index (χ1n) is 7.57. The standard InChI is InChI=1S/C18H11Cl2N3O3S/c19-14-7-1-11(9-15(14)20)2-8-17(24)22-18-21-16(10-27-18)12-3-5-13(6-4-12)23(25)26/h1-10H,(H,21,22,24). The second-order valence-corrected chi connectivity index (χ2v) is 7.01. The molecule has 0 aliphatic heterocycles. The number of carbonyl (C=O) groups is 1.